The molecule has 2 unspecified atom stereocenters. The first kappa shape index (κ1) is 17.2. The molecule has 8 heteroatoms. The van der Waals surface area contributed by atoms with Crippen molar-refractivity contribution >= 4 is 5.91 Å². The average molecular weight is 309 g/mol. The lowest BCUT2D eigenvalue weighted by atomic mass is 10.0. The SMILES string of the molecule is CC(CO)C(C)NC(=O)c1c(F)ccc(OC(F)F)c1F. The maximum absolute atomic E-state index is 13.9. The predicted octanol–water partition coefficient (Wildman–Crippen LogP) is 2.31. The second-order valence-corrected chi connectivity index (χ2v) is 4.54. The number of halogens is 4. The van der Waals surface area contributed by atoms with Gasteiger partial charge in [0.1, 0.15) is 11.4 Å². The smallest absolute Gasteiger partial charge is 0.387 e. The first-order valence-electron chi connectivity index (χ1n) is 6.12. The van der Waals surface area contributed by atoms with Crippen molar-refractivity contribution < 1.29 is 32.2 Å². The van der Waals surface area contributed by atoms with Crippen LogP contribution in [0, 0.1) is 17.6 Å². The second kappa shape index (κ2) is 7.26. The van der Waals surface area contributed by atoms with Crippen LogP contribution in [-0.4, -0.2) is 30.3 Å². The topological polar surface area (TPSA) is 58.6 Å². The molecule has 0 heterocycles. The van der Waals surface area contributed by atoms with E-state index < -0.39 is 41.5 Å². The van der Waals surface area contributed by atoms with Gasteiger partial charge in [0.2, 0.25) is 0 Å². The number of nitrogens with one attached hydrogen (secondary N) is 1. The highest BCUT2D eigenvalue weighted by atomic mass is 19.3. The van der Waals surface area contributed by atoms with Crippen LogP contribution in [0.15, 0.2) is 12.1 Å². The van der Waals surface area contributed by atoms with Gasteiger partial charge in [-0.05, 0) is 25.0 Å². The van der Waals surface area contributed by atoms with E-state index in [4.69, 9.17) is 5.11 Å². The Morgan fingerprint density at radius 3 is 2.48 bits per heavy atom. The third kappa shape index (κ3) is 4.32. The quantitative estimate of drug-likeness (QED) is 0.793. The first-order chi connectivity index (χ1) is 9.77. The van der Waals surface area contributed by atoms with Crippen LogP contribution < -0.4 is 10.1 Å². The van der Waals surface area contributed by atoms with E-state index in [-0.39, 0.29) is 12.5 Å². The fourth-order valence-corrected chi connectivity index (χ4v) is 1.51. The number of rotatable bonds is 6. The lowest BCUT2D eigenvalue weighted by Gasteiger charge is -2.20. The molecular weight excluding hydrogens is 294 g/mol. The molecular formula is C13H15F4NO3. The monoisotopic (exact) mass is 309 g/mol. The van der Waals surface area contributed by atoms with E-state index in [1.165, 1.54) is 6.92 Å². The molecule has 0 saturated heterocycles. The van der Waals surface area contributed by atoms with Gasteiger partial charge in [0, 0.05) is 12.6 Å². The minimum Gasteiger partial charge on any atom is -0.432 e. The second-order valence-electron chi connectivity index (χ2n) is 4.54. The number of aliphatic hydroxyl groups is 1. The molecule has 0 aliphatic rings. The van der Waals surface area contributed by atoms with Gasteiger partial charge in [-0.1, -0.05) is 6.92 Å². The number of amides is 1. The van der Waals surface area contributed by atoms with Crippen molar-refractivity contribution in [3.8, 4) is 5.75 Å². The van der Waals surface area contributed by atoms with E-state index in [0.29, 0.717) is 12.1 Å². The van der Waals surface area contributed by atoms with Gasteiger partial charge in [-0.25, -0.2) is 8.78 Å². The van der Waals surface area contributed by atoms with Gasteiger partial charge in [0.15, 0.2) is 11.6 Å². The van der Waals surface area contributed by atoms with E-state index in [0.717, 1.165) is 0 Å². The zero-order valence-electron chi connectivity index (χ0n) is 11.4. The molecule has 1 aromatic rings. The molecule has 4 nitrogen and oxygen atoms in total. The van der Waals surface area contributed by atoms with Crippen LogP contribution in [0.5, 0.6) is 5.75 Å². The van der Waals surface area contributed by atoms with E-state index in [1.807, 2.05) is 0 Å². The first-order valence-corrected chi connectivity index (χ1v) is 6.12. The van der Waals surface area contributed by atoms with Crippen molar-refractivity contribution in [2.75, 3.05) is 6.61 Å². The van der Waals surface area contributed by atoms with Gasteiger partial charge in [-0.3, -0.25) is 4.79 Å². The summed E-state index contributed by atoms with van der Waals surface area (Å²) in [5.41, 5.74) is -1.01. The minimum absolute atomic E-state index is 0.235. The molecule has 2 N–H and O–H groups in total. The van der Waals surface area contributed by atoms with E-state index >= 15 is 0 Å². The number of carbonyl (C=O) groups excluding carboxylic acids is 1. The Hall–Kier alpha value is -1.83. The lowest BCUT2D eigenvalue weighted by molar-refractivity contribution is -0.0523. The lowest BCUT2D eigenvalue weighted by Crippen LogP contribution is -2.39. The summed E-state index contributed by atoms with van der Waals surface area (Å²) in [4.78, 5) is 11.8. The van der Waals surface area contributed by atoms with Crippen molar-refractivity contribution in [3.05, 3.63) is 29.3 Å². The van der Waals surface area contributed by atoms with Gasteiger partial charge in [-0.2, -0.15) is 8.78 Å². The van der Waals surface area contributed by atoms with Gasteiger partial charge < -0.3 is 15.2 Å². The number of hydrogen-bond acceptors (Lipinski definition) is 3. The molecule has 1 aromatic carbocycles. The molecule has 0 aromatic heterocycles. The summed E-state index contributed by atoms with van der Waals surface area (Å²) in [5, 5.41) is 11.2. The van der Waals surface area contributed by atoms with Crippen LogP contribution in [0.3, 0.4) is 0 Å². The molecule has 118 valence electrons. The summed E-state index contributed by atoms with van der Waals surface area (Å²) in [6.45, 7) is -0.377. The maximum atomic E-state index is 13.9. The van der Waals surface area contributed by atoms with Crippen molar-refractivity contribution in [2.45, 2.75) is 26.5 Å². The fraction of sp³-hybridized carbons (Fsp3) is 0.462. The Kier molecular flexibility index (Phi) is 5.95. The number of benzene rings is 1. The molecule has 0 aliphatic carbocycles. The zero-order valence-corrected chi connectivity index (χ0v) is 11.4. The Bertz CT molecular complexity index is 510. The molecule has 0 aliphatic heterocycles. The third-order valence-corrected chi connectivity index (χ3v) is 3.00. The molecule has 0 fully saturated rings. The molecule has 1 rings (SSSR count). The van der Waals surface area contributed by atoms with Crippen LogP contribution in [0.4, 0.5) is 17.6 Å². The summed E-state index contributed by atoms with van der Waals surface area (Å²) in [5.74, 6) is -5.08. The number of carbonyl (C=O) groups is 1. The third-order valence-electron chi connectivity index (χ3n) is 3.00. The van der Waals surface area contributed by atoms with E-state index in [9.17, 15) is 22.4 Å². The molecule has 21 heavy (non-hydrogen) atoms. The standard InChI is InChI=1S/C13H15F4NO3/c1-6(5-19)7(2)18-12(20)10-8(14)3-4-9(11(10)15)21-13(16)17/h3-4,6-7,13,19H,5H2,1-2H3,(H,18,20). The average Bonchev–Trinajstić information content (AvgIpc) is 2.40. The van der Waals surface area contributed by atoms with Gasteiger partial charge >= 0.3 is 6.61 Å². The summed E-state index contributed by atoms with van der Waals surface area (Å²) in [6, 6.07) is 0.768. The van der Waals surface area contributed by atoms with Gasteiger partial charge in [0.25, 0.3) is 5.91 Å². The highest BCUT2D eigenvalue weighted by Crippen LogP contribution is 2.25. The summed E-state index contributed by atoms with van der Waals surface area (Å²) < 4.78 is 55.5. The van der Waals surface area contributed by atoms with Crippen LogP contribution >= 0.6 is 0 Å². The Morgan fingerprint density at radius 1 is 1.33 bits per heavy atom. The highest BCUT2D eigenvalue weighted by molar-refractivity contribution is 5.95. The molecule has 0 spiro atoms. The van der Waals surface area contributed by atoms with Crippen LogP contribution in [0.1, 0.15) is 24.2 Å². The van der Waals surface area contributed by atoms with Crippen LogP contribution in [-0.2, 0) is 0 Å². The minimum atomic E-state index is -3.30. The Labute approximate surface area is 118 Å². The predicted molar refractivity (Wildman–Crippen MR) is 66.2 cm³/mol. The van der Waals surface area contributed by atoms with E-state index in [1.54, 1.807) is 6.92 Å². The summed E-state index contributed by atoms with van der Waals surface area (Å²) in [7, 11) is 0. The largest absolute Gasteiger partial charge is 0.432 e. The molecule has 1 amide bonds. The number of alkyl halides is 2. The highest BCUT2D eigenvalue weighted by Gasteiger charge is 2.24. The van der Waals surface area contributed by atoms with Crippen LogP contribution in [0.2, 0.25) is 0 Å². The zero-order chi connectivity index (χ0) is 16.2. The molecule has 2 atom stereocenters. The van der Waals surface area contributed by atoms with Gasteiger partial charge in [0.05, 0.1) is 0 Å². The van der Waals surface area contributed by atoms with Crippen molar-refractivity contribution in [3.63, 3.8) is 0 Å². The maximum Gasteiger partial charge on any atom is 0.387 e. The number of hydrogen-bond donors (Lipinski definition) is 2. The van der Waals surface area contributed by atoms with E-state index in [2.05, 4.69) is 10.1 Å². The normalized spacial score (nSPS) is 13.9. The fourth-order valence-electron chi connectivity index (χ4n) is 1.51. The number of ether oxygens (including phenoxy) is 1. The van der Waals surface area contributed by atoms with Gasteiger partial charge in [-0.15, -0.1) is 0 Å². The Balaban J connectivity index is 3.03. The summed E-state index contributed by atoms with van der Waals surface area (Å²) in [6.07, 6.45) is 0. The number of aliphatic hydroxyl groups excluding tert-OH is 1. The molecule has 0 saturated carbocycles. The van der Waals surface area contributed by atoms with Crippen molar-refractivity contribution in [2.24, 2.45) is 5.92 Å². The van der Waals surface area contributed by atoms with Crippen molar-refractivity contribution in [1.82, 2.24) is 5.32 Å². The van der Waals surface area contributed by atoms with Crippen molar-refractivity contribution in [1.29, 1.82) is 0 Å². The van der Waals surface area contributed by atoms with Crippen LogP contribution in [0.25, 0.3) is 0 Å². The Morgan fingerprint density at radius 2 is 1.95 bits per heavy atom. The molecule has 0 radical (unpaired) electrons. The molecule has 0 bridgehead atoms. The summed E-state index contributed by atoms with van der Waals surface area (Å²) >= 11 is 0.